The molecule has 23 heavy (non-hydrogen) atoms. The Bertz CT molecular complexity index is 843. The summed E-state index contributed by atoms with van der Waals surface area (Å²) < 4.78 is 15.9. The van der Waals surface area contributed by atoms with E-state index in [1.54, 1.807) is 41.3 Å². The molecule has 0 aliphatic heterocycles. The summed E-state index contributed by atoms with van der Waals surface area (Å²) in [5, 5.41) is 6.94. The minimum absolute atomic E-state index is 0.316. The average molecular weight is 439 g/mol. The minimum Gasteiger partial charge on any atom is -0.320 e. The van der Waals surface area contributed by atoms with Crippen LogP contribution in [0.25, 0.3) is 5.69 Å². The summed E-state index contributed by atoms with van der Waals surface area (Å²) in [6, 6.07) is 11.5. The Labute approximate surface area is 148 Å². The Balaban J connectivity index is 1.97. The monoisotopic (exact) mass is 437 g/mol. The van der Waals surface area contributed by atoms with E-state index in [4.69, 9.17) is 0 Å². The lowest BCUT2D eigenvalue weighted by atomic mass is 10.1. The molecule has 0 radical (unpaired) electrons. The molecule has 1 amide bonds. The number of rotatable bonds is 3. The van der Waals surface area contributed by atoms with Gasteiger partial charge in [-0.15, -0.1) is 0 Å². The highest BCUT2D eigenvalue weighted by Crippen LogP contribution is 2.32. The highest BCUT2D eigenvalue weighted by Gasteiger charge is 2.16. The lowest BCUT2D eigenvalue weighted by molar-refractivity contribution is 0.102. The molecule has 0 bridgehead atoms. The largest absolute Gasteiger partial charge is 0.320 e. The zero-order valence-corrected chi connectivity index (χ0v) is 14.8. The van der Waals surface area contributed by atoms with Crippen LogP contribution in [0, 0.1) is 5.82 Å². The zero-order valence-electron chi connectivity index (χ0n) is 11.6. The molecule has 3 aromatic rings. The van der Waals surface area contributed by atoms with Crippen molar-refractivity contribution in [3.05, 3.63) is 75.2 Å². The normalized spacial score (nSPS) is 10.6. The second-order valence-corrected chi connectivity index (χ2v) is 6.38. The van der Waals surface area contributed by atoms with E-state index < -0.39 is 5.82 Å². The Kier molecular flexibility index (Phi) is 4.58. The second kappa shape index (κ2) is 6.64. The van der Waals surface area contributed by atoms with E-state index in [1.807, 2.05) is 6.07 Å². The van der Waals surface area contributed by atoms with E-state index in [1.165, 1.54) is 12.1 Å². The van der Waals surface area contributed by atoms with Gasteiger partial charge in [0.05, 0.1) is 16.9 Å². The number of carbonyl (C=O) groups is 1. The average Bonchev–Trinajstić information content (AvgIpc) is 3.05. The summed E-state index contributed by atoms with van der Waals surface area (Å²) in [7, 11) is 0. The summed E-state index contributed by atoms with van der Waals surface area (Å²) >= 11 is 6.51. The molecule has 0 saturated heterocycles. The molecule has 0 unspecified atom stereocenters. The van der Waals surface area contributed by atoms with Gasteiger partial charge in [-0.1, -0.05) is 12.1 Å². The molecule has 1 N–H and O–H groups in total. The number of amides is 1. The first kappa shape index (κ1) is 15.9. The third-order valence-electron chi connectivity index (χ3n) is 3.15. The van der Waals surface area contributed by atoms with Crippen LogP contribution in [0.15, 0.2) is 63.8 Å². The van der Waals surface area contributed by atoms with E-state index in [9.17, 15) is 9.18 Å². The Hall–Kier alpha value is -1.99. The van der Waals surface area contributed by atoms with Crippen LogP contribution < -0.4 is 5.32 Å². The quantitative estimate of drug-likeness (QED) is 0.639. The molecule has 0 fully saturated rings. The number of hydrogen-bond donors (Lipinski definition) is 1. The summed E-state index contributed by atoms with van der Waals surface area (Å²) in [6.07, 6.45) is 3.40. The third-order valence-corrected chi connectivity index (χ3v) is 4.40. The maximum atomic E-state index is 13.3. The molecule has 1 aromatic heterocycles. The van der Waals surface area contributed by atoms with Crippen LogP contribution in [-0.2, 0) is 0 Å². The van der Waals surface area contributed by atoms with Crippen molar-refractivity contribution in [2.75, 3.05) is 5.32 Å². The molecule has 0 atom stereocenters. The Morgan fingerprint density at radius 3 is 2.48 bits per heavy atom. The van der Waals surface area contributed by atoms with Crippen LogP contribution in [0.5, 0.6) is 0 Å². The fourth-order valence-corrected chi connectivity index (χ4v) is 3.45. The van der Waals surface area contributed by atoms with E-state index in [0.29, 0.717) is 25.9 Å². The number of nitrogens with zero attached hydrogens (tertiary/aromatic N) is 2. The summed E-state index contributed by atoms with van der Waals surface area (Å²) in [5.74, 6) is -0.720. The van der Waals surface area contributed by atoms with Crippen LogP contribution in [0.2, 0.25) is 0 Å². The predicted molar refractivity (Wildman–Crippen MR) is 93.3 cm³/mol. The number of hydrogen-bond acceptors (Lipinski definition) is 2. The van der Waals surface area contributed by atoms with Crippen molar-refractivity contribution in [3.63, 3.8) is 0 Å². The smallest absolute Gasteiger partial charge is 0.257 e. The fraction of sp³-hybridized carbons (Fsp3) is 0. The molecule has 0 aliphatic rings. The highest BCUT2D eigenvalue weighted by atomic mass is 79.9. The molecule has 2 aromatic carbocycles. The van der Waals surface area contributed by atoms with Crippen molar-refractivity contribution in [1.29, 1.82) is 0 Å². The van der Waals surface area contributed by atoms with E-state index in [-0.39, 0.29) is 5.91 Å². The van der Waals surface area contributed by atoms with Crippen molar-refractivity contribution in [2.24, 2.45) is 0 Å². The van der Waals surface area contributed by atoms with Gasteiger partial charge in [0.2, 0.25) is 0 Å². The van der Waals surface area contributed by atoms with Crippen LogP contribution in [0.3, 0.4) is 0 Å². The lowest BCUT2D eigenvalue weighted by Crippen LogP contribution is -2.16. The molecule has 4 nitrogen and oxygen atoms in total. The summed E-state index contributed by atoms with van der Waals surface area (Å²) in [4.78, 5) is 12.6. The lowest BCUT2D eigenvalue weighted by Gasteiger charge is -2.12. The van der Waals surface area contributed by atoms with Gasteiger partial charge in [-0.2, -0.15) is 5.10 Å². The number of benzene rings is 2. The highest BCUT2D eigenvalue weighted by molar-refractivity contribution is 9.11. The first-order chi connectivity index (χ1) is 11.1. The van der Waals surface area contributed by atoms with Gasteiger partial charge in [0.1, 0.15) is 5.82 Å². The number of anilines is 1. The van der Waals surface area contributed by atoms with Crippen LogP contribution in [0.4, 0.5) is 10.1 Å². The van der Waals surface area contributed by atoms with Crippen molar-refractivity contribution >= 4 is 43.5 Å². The van der Waals surface area contributed by atoms with Gasteiger partial charge >= 0.3 is 0 Å². The molecule has 3 rings (SSSR count). The number of nitrogens with one attached hydrogen (secondary N) is 1. The molecule has 0 spiro atoms. The second-order valence-electron chi connectivity index (χ2n) is 4.67. The van der Waals surface area contributed by atoms with Crippen molar-refractivity contribution < 1.29 is 9.18 Å². The maximum Gasteiger partial charge on any atom is 0.257 e. The molecule has 7 heteroatoms. The SMILES string of the molecule is O=C(Nc1c(Br)cc(F)cc1Br)c1ccccc1-n1cccn1. The Morgan fingerprint density at radius 1 is 1.13 bits per heavy atom. The number of para-hydroxylation sites is 1. The van der Waals surface area contributed by atoms with Gasteiger partial charge in [0.15, 0.2) is 0 Å². The Morgan fingerprint density at radius 2 is 1.83 bits per heavy atom. The number of carbonyl (C=O) groups excluding carboxylic acids is 1. The van der Waals surface area contributed by atoms with Gasteiger partial charge < -0.3 is 5.32 Å². The molecular weight excluding hydrogens is 429 g/mol. The van der Waals surface area contributed by atoms with E-state index >= 15 is 0 Å². The zero-order chi connectivity index (χ0) is 16.4. The van der Waals surface area contributed by atoms with Gasteiger partial charge in [0, 0.05) is 21.3 Å². The molecular formula is C16H10Br2FN3O. The molecule has 0 aliphatic carbocycles. The predicted octanol–water partition coefficient (Wildman–Crippen LogP) is 4.79. The van der Waals surface area contributed by atoms with Crippen LogP contribution >= 0.6 is 31.9 Å². The van der Waals surface area contributed by atoms with Crippen LogP contribution in [0.1, 0.15) is 10.4 Å². The van der Waals surface area contributed by atoms with E-state index in [0.717, 1.165) is 0 Å². The maximum absolute atomic E-state index is 13.3. The van der Waals surface area contributed by atoms with Crippen LogP contribution in [-0.4, -0.2) is 15.7 Å². The summed E-state index contributed by atoms with van der Waals surface area (Å²) in [5.41, 5.74) is 1.58. The van der Waals surface area contributed by atoms with Gasteiger partial charge in [-0.05, 0) is 62.2 Å². The fourth-order valence-electron chi connectivity index (χ4n) is 2.12. The molecule has 116 valence electrons. The molecule has 1 heterocycles. The number of aromatic nitrogens is 2. The first-order valence-corrected chi connectivity index (χ1v) is 8.20. The van der Waals surface area contributed by atoms with Crippen molar-refractivity contribution in [2.45, 2.75) is 0 Å². The number of halogens is 3. The van der Waals surface area contributed by atoms with E-state index in [2.05, 4.69) is 42.3 Å². The topological polar surface area (TPSA) is 46.9 Å². The minimum atomic E-state index is -0.404. The summed E-state index contributed by atoms with van der Waals surface area (Å²) in [6.45, 7) is 0. The van der Waals surface area contributed by atoms with Crippen molar-refractivity contribution in [1.82, 2.24) is 9.78 Å². The van der Waals surface area contributed by atoms with Gasteiger partial charge in [0.25, 0.3) is 5.91 Å². The van der Waals surface area contributed by atoms with Crippen molar-refractivity contribution in [3.8, 4) is 5.69 Å². The molecule has 0 saturated carbocycles. The third kappa shape index (κ3) is 3.35. The van der Waals surface area contributed by atoms with Gasteiger partial charge in [-0.3, -0.25) is 4.79 Å². The van der Waals surface area contributed by atoms with Gasteiger partial charge in [-0.25, -0.2) is 9.07 Å². The first-order valence-electron chi connectivity index (χ1n) is 6.61. The standard InChI is InChI=1S/C16H10Br2FN3O/c17-12-8-10(19)9-13(18)15(12)21-16(23)11-4-1-2-5-14(11)22-7-3-6-20-22/h1-9H,(H,21,23).